The van der Waals surface area contributed by atoms with E-state index in [1.165, 1.54) is 6.07 Å². The molecule has 0 aromatic carbocycles. The van der Waals surface area contributed by atoms with Gasteiger partial charge in [0.25, 0.3) is 0 Å². The molecular weight excluding hydrogens is 269 g/mol. The van der Waals surface area contributed by atoms with Gasteiger partial charge in [-0.05, 0) is 50.8 Å². The first-order valence-corrected chi connectivity index (χ1v) is 6.82. The number of halogens is 3. The van der Waals surface area contributed by atoms with Gasteiger partial charge >= 0.3 is 6.18 Å². The number of pyridine rings is 1. The molecule has 1 aliphatic carbocycles. The van der Waals surface area contributed by atoms with Gasteiger partial charge in [0, 0.05) is 6.04 Å². The summed E-state index contributed by atoms with van der Waals surface area (Å²) in [5.74, 6) is 0.871. The summed E-state index contributed by atoms with van der Waals surface area (Å²) in [6, 6.07) is 2.86. The van der Waals surface area contributed by atoms with Crippen LogP contribution in [0.5, 0.6) is 5.75 Å². The van der Waals surface area contributed by atoms with Crippen LogP contribution in [0.4, 0.5) is 13.2 Å². The van der Waals surface area contributed by atoms with E-state index >= 15 is 0 Å². The second kappa shape index (κ2) is 6.43. The fraction of sp³-hybridized carbons (Fsp3) is 0.643. The van der Waals surface area contributed by atoms with E-state index in [1.54, 1.807) is 0 Å². The lowest BCUT2D eigenvalue weighted by molar-refractivity contribution is -0.141. The first-order chi connectivity index (χ1) is 9.49. The van der Waals surface area contributed by atoms with Gasteiger partial charge in [0.2, 0.25) is 0 Å². The van der Waals surface area contributed by atoms with Gasteiger partial charge in [-0.3, -0.25) is 0 Å². The van der Waals surface area contributed by atoms with Crippen molar-refractivity contribution in [2.24, 2.45) is 5.92 Å². The van der Waals surface area contributed by atoms with E-state index in [9.17, 15) is 13.2 Å². The lowest BCUT2D eigenvalue weighted by Gasteiger charge is -2.28. The van der Waals surface area contributed by atoms with Gasteiger partial charge in [-0.1, -0.05) is 0 Å². The summed E-state index contributed by atoms with van der Waals surface area (Å²) in [4.78, 5) is 3.38. The van der Waals surface area contributed by atoms with Gasteiger partial charge in [-0.25, -0.2) is 4.98 Å². The molecule has 0 unspecified atom stereocenters. The molecule has 20 heavy (non-hydrogen) atoms. The minimum Gasteiger partial charge on any atom is -0.492 e. The Morgan fingerprint density at radius 1 is 1.25 bits per heavy atom. The molecule has 1 aromatic heterocycles. The zero-order valence-electron chi connectivity index (χ0n) is 11.4. The number of rotatable bonds is 4. The molecule has 1 N–H and O–H groups in total. The summed E-state index contributed by atoms with van der Waals surface area (Å²) in [6.45, 7) is 0.545. The third kappa shape index (κ3) is 4.10. The van der Waals surface area contributed by atoms with Crippen LogP contribution in [0.15, 0.2) is 18.3 Å². The number of hydrogen-bond acceptors (Lipinski definition) is 3. The van der Waals surface area contributed by atoms with Crippen molar-refractivity contribution in [3.8, 4) is 5.75 Å². The van der Waals surface area contributed by atoms with Crippen molar-refractivity contribution in [1.29, 1.82) is 0 Å². The molecule has 1 saturated carbocycles. The summed E-state index contributed by atoms with van der Waals surface area (Å²) < 4.78 is 42.6. The Morgan fingerprint density at radius 3 is 2.45 bits per heavy atom. The lowest BCUT2D eigenvalue weighted by Crippen LogP contribution is -2.31. The van der Waals surface area contributed by atoms with Gasteiger partial charge in [0.1, 0.15) is 11.4 Å². The summed E-state index contributed by atoms with van der Waals surface area (Å²) >= 11 is 0. The first kappa shape index (κ1) is 15.1. The fourth-order valence-electron chi connectivity index (χ4n) is 2.47. The number of aromatic nitrogens is 1. The SMILES string of the molecule is CNC1CCC(COc2ccc(C(F)(F)F)nc2)CC1. The van der Waals surface area contributed by atoms with Gasteiger partial charge in [-0.15, -0.1) is 0 Å². The highest BCUT2D eigenvalue weighted by Crippen LogP contribution is 2.29. The molecule has 1 heterocycles. The second-order valence-corrected chi connectivity index (χ2v) is 5.19. The highest BCUT2D eigenvalue weighted by atomic mass is 19.4. The van der Waals surface area contributed by atoms with Crippen molar-refractivity contribution in [2.75, 3.05) is 13.7 Å². The van der Waals surface area contributed by atoms with E-state index in [0.29, 0.717) is 24.3 Å². The van der Waals surface area contributed by atoms with Crippen LogP contribution in [-0.4, -0.2) is 24.7 Å². The fourth-order valence-corrected chi connectivity index (χ4v) is 2.47. The molecule has 3 nitrogen and oxygen atoms in total. The summed E-state index contributed by atoms with van der Waals surface area (Å²) in [5, 5.41) is 3.26. The standard InChI is InChI=1S/C14H19F3N2O/c1-18-11-4-2-10(3-5-11)9-20-12-6-7-13(19-8-12)14(15,16)17/h6-8,10-11,18H,2-5,9H2,1H3. The lowest BCUT2D eigenvalue weighted by atomic mass is 9.87. The summed E-state index contributed by atoms with van der Waals surface area (Å²) in [5.41, 5.74) is -0.889. The quantitative estimate of drug-likeness (QED) is 0.923. The molecule has 1 aromatic rings. The first-order valence-electron chi connectivity index (χ1n) is 6.82. The number of hydrogen-bond donors (Lipinski definition) is 1. The molecule has 0 saturated heterocycles. The Hall–Kier alpha value is -1.30. The average molecular weight is 288 g/mol. The van der Waals surface area contributed by atoms with E-state index in [4.69, 9.17) is 4.74 Å². The Balaban J connectivity index is 1.80. The molecule has 1 aliphatic rings. The largest absolute Gasteiger partial charge is 0.492 e. The van der Waals surface area contributed by atoms with Crippen molar-refractivity contribution in [1.82, 2.24) is 10.3 Å². The van der Waals surface area contributed by atoms with Crippen LogP contribution < -0.4 is 10.1 Å². The van der Waals surface area contributed by atoms with Crippen molar-refractivity contribution in [3.63, 3.8) is 0 Å². The number of ether oxygens (including phenoxy) is 1. The van der Waals surface area contributed by atoms with E-state index in [0.717, 1.165) is 37.9 Å². The highest BCUT2D eigenvalue weighted by molar-refractivity contribution is 5.21. The Bertz CT molecular complexity index is 411. The third-order valence-corrected chi connectivity index (χ3v) is 3.77. The summed E-state index contributed by atoms with van der Waals surface area (Å²) in [7, 11) is 1.97. The molecule has 112 valence electrons. The van der Waals surface area contributed by atoms with Crippen LogP contribution >= 0.6 is 0 Å². The maximum absolute atomic E-state index is 12.4. The van der Waals surface area contributed by atoms with Crippen molar-refractivity contribution in [2.45, 2.75) is 37.9 Å². The molecule has 0 bridgehead atoms. The van der Waals surface area contributed by atoms with Crippen molar-refractivity contribution < 1.29 is 17.9 Å². The molecule has 0 spiro atoms. The number of alkyl halides is 3. The van der Waals surface area contributed by atoms with Crippen LogP contribution in [0, 0.1) is 5.92 Å². The summed E-state index contributed by atoms with van der Waals surface area (Å²) in [6.07, 6.45) is 1.15. The molecule has 1 fully saturated rings. The van der Waals surface area contributed by atoms with Crippen LogP contribution in [0.25, 0.3) is 0 Å². The van der Waals surface area contributed by atoms with Gasteiger partial charge in [-0.2, -0.15) is 13.2 Å². The zero-order chi connectivity index (χ0) is 14.6. The molecule has 2 rings (SSSR count). The minimum atomic E-state index is -4.40. The van der Waals surface area contributed by atoms with E-state index < -0.39 is 11.9 Å². The third-order valence-electron chi connectivity index (χ3n) is 3.77. The van der Waals surface area contributed by atoms with Gasteiger partial charge < -0.3 is 10.1 Å². The molecule has 0 aliphatic heterocycles. The van der Waals surface area contributed by atoms with Crippen LogP contribution in [-0.2, 0) is 6.18 Å². The number of nitrogens with one attached hydrogen (secondary N) is 1. The Morgan fingerprint density at radius 2 is 1.95 bits per heavy atom. The van der Waals surface area contributed by atoms with Crippen LogP contribution in [0.3, 0.4) is 0 Å². The maximum Gasteiger partial charge on any atom is 0.433 e. The smallest absolute Gasteiger partial charge is 0.433 e. The van der Waals surface area contributed by atoms with Crippen LogP contribution in [0.2, 0.25) is 0 Å². The molecule has 0 amide bonds. The average Bonchev–Trinajstić information content (AvgIpc) is 2.45. The van der Waals surface area contributed by atoms with Gasteiger partial charge in [0.15, 0.2) is 0 Å². The second-order valence-electron chi connectivity index (χ2n) is 5.19. The Labute approximate surface area is 116 Å². The van der Waals surface area contributed by atoms with Crippen molar-refractivity contribution >= 4 is 0 Å². The van der Waals surface area contributed by atoms with Gasteiger partial charge in [0.05, 0.1) is 12.8 Å². The molecule has 0 radical (unpaired) electrons. The van der Waals surface area contributed by atoms with Crippen molar-refractivity contribution in [3.05, 3.63) is 24.0 Å². The Kier molecular flexibility index (Phi) is 4.86. The molecule has 6 heteroatoms. The van der Waals surface area contributed by atoms with E-state index in [1.807, 2.05) is 7.05 Å². The monoisotopic (exact) mass is 288 g/mol. The zero-order valence-corrected chi connectivity index (χ0v) is 11.4. The van der Waals surface area contributed by atoms with E-state index in [-0.39, 0.29) is 0 Å². The maximum atomic E-state index is 12.4. The van der Waals surface area contributed by atoms with Crippen LogP contribution in [0.1, 0.15) is 31.4 Å². The normalized spacial score (nSPS) is 23.6. The predicted molar refractivity (Wildman–Crippen MR) is 69.5 cm³/mol. The minimum absolute atomic E-state index is 0.397. The highest BCUT2D eigenvalue weighted by Gasteiger charge is 2.32. The topological polar surface area (TPSA) is 34.1 Å². The molecular formula is C14H19F3N2O. The molecule has 0 atom stereocenters. The number of nitrogens with zero attached hydrogens (tertiary/aromatic N) is 1. The van der Waals surface area contributed by atoms with E-state index in [2.05, 4.69) is 10.3 Å². The predicted octanol–water partition coefficient (Wildman–Crippen LogP) is 3.26.